The number of nitrogens with one attached hydrogen (secondary N) is 1. The number of carbonyl (C=O) groups is 1. The third-order valence-electron chi connectivity index (χ3n) is 5.68. The minimum atomic E-state index is -0.402. The molecule has 0 saturated carbocycles. The van der Waals surface area contributed by atoms with Gasteiger partial charge in [-0.3, -0.25) is 4.79 Å². The van der Waals surface area contributed by atoms with E-state index in [0.717, 1.165) is 0 Å². The van der Waals surface area contributed by atoms with Gasteiger partial charge in [0.15, 0.2) is 23.0 Å². The minimum absolute atomic E-state index is 0.203. The number of amides is 1. The van der Waals surface area contributed by atoms with E-state index in [1.807, 2.05) is 0 Å². The smallest absolute Gasteiger partial charge is 0.260 e. The van der Waals surface area contributed by atoms with Crippen LogP contribution in [0.3, 0.4) is 0 Å². The number of rotatable bonds is 10. The van der Waals surface area contributed by atoms with Gasteiger partial charge >= 0.3 is 0 Å². The number of anilines is 1. The maximum absolute atomic E-state index is 13.2. The highest BCUT2D eigenvalue weighted by atomic mass is 16.5. The molecule has 0 aliphatic rings. The van der Waals surface area contributed by atoms with Crippen LogP contribution in [-0.4, -0.2) is 58.7 Å². The summed E-state index contributed by atoms with van der Waals surface area (Å²) in [6.07, 6.45) is 0. The van der Waals surface area contributed by atoms with Gasteiger partial charge in [-0.25, -0.2) is 0 Å². The van der Waals surface area contributed by atoms with E-state index >= 15 is 0 Å². The zero-order chi connectivity index (χ0) is 27.2. The van der Waals surface area contributed by atoms with Crippen molar-refractivity contribution in [2.45, 2.75) is 0 Å². The molecule has 4 aromatic rings. The van der Waals surface area contributed by atoms with Crippen molar-refractivity contribution in [1.82, 2.24) is 10.1 Å². The Bertz CT molecular complexity index is 1400. The average Bonchev–Trinajstić information content (AvgIpc) is 3.45. The number of benzene rings is 3. The Kier molecular flexibility index (Phi) is 7.86. The van der Waals surface area contributed by atoms with Gasteiger partial charge in [0.05, 0.1) is 53.9 Å². The summed E-state index contributed by atoms with van der Waals surface area (Å²) < 4.78 is 37.8. The highest BCUT2D eigenvalue weighted by Crippen LogP contribution is 2.41. The molecule has 0 fully saturated rings. The van der Waals surface area contributed by atoms with Crippen LogP contribution < -0.4 is 33.7 Å². The van der Waals surface area contributed by atoms with Gasteiger partial charge in [0.2, 0.25) is 17.3 Å². The van der Waals surface area contributed by atoms with Crippen molar-refractivity contribution in [1.29, 1.82) is 0 Å². The fourth-order valence-corrected chi connectivity index (χ4v) is 3.85. The van der Waals surface area contributed by atoms with Gasteiger partial charge in [-0.15, -0.1) is 0 Å². The molecule has 4 rings (SSSR count). The van der Waals surface area contributed by atoms with Crippen LogP contribution in [0.1, 0.15) is 10.4 Å². The second-order valence-electron chi connectivity index (χ2n) is 7.75. The van der Waals surface area contributed by atoms with Crippen LogP contribution in [0.25, 0.3) is 22.8 Å². The number of nitrogens with zero attached hydrogens (tertiary/aromatic N) is 2. The number of carbonyl (C=O) groups excluding carboxylic acids is 1. The Balaban J connectivity index is 1.67. The van der Waals surface area contributed by atoms with Crippen molar-refractivity contribution < 1.29 is 37.7 Å². The summed E-state index contributed by atoms with van der Waals surface area (Å²) in [5.41, 5.74) is 1.89. The molecule has 11 nitrogen and oxygen atoms in total. The second kappa shape index (κ2) is 11.4. The first-order chi connectivity index (χ1) is 18.5. The van der Waals surface area contributed by atoms with E-state index in [2.05, 4.69) is 15.5 Å². The standard InChI is InChI=1S/C27H27N3O8/c1-32-19-11-15(12-20(33-2)23(19)36-5)25-29-27(38-30-25)17-9-7-8-10-18(17)28-26(31)16-13-21(34-3)24(37-6)22(14-16)35-4/h7-14H,1-6H3,(H,28,31). The molecule has 0 aliphatic heterocycles. The SMILES string of the molecule is COc1cc(C(=O)Nc2ccccc2-c2nc(-c3cc(OC)c(OC)c(OC)c3)no2)cc(OC)c1OC. The Hall–Kier alpha value is -4.93. The fraction of sp³-hybridized carbons (Fsp3) is 0.222. The van der Waals surface area contributed by atoms with Crippen molar-refractivity contribution in [2.24, 2.45) is 0 Å². The van der Waals surface area contributed by atoms with Gasteiger partial charge in [-0.2, -0.15) is 4.98 Å². The highest BCUT2D eigenvalue weighted by molar-refractivity contribution is 6.06. The van der Waals surface area contributed by atoms with Gasteiger partial charge in [0.1, 0.15) is 0 Å². The highest BCUT2D eigenvalue weighted by Gasteiger charge is 2.21. The van der Waals surface area contributed by atoms with E-state index in [1.165, 1.54) is 42.7 Å². The third kappa shape index (κ3) is 4.99. The van der Waals surface area contributed by atoms with Crippen LogP contribution in [-0.2, 0) is 0 Å². The van der Waals surface area contributed by atoms with Gasteiger partial charge in [-0.1, -0.05) is 17.3 Å². The number of methoxy groups -OCH3 is 6. The molecule has 198 valence electrons. The van der Waals surface area contributed by atoms with Crippen LogP contribution in [0.15, 0.2) is 53.1 Å². The molecule has 3 aromatic carbocycles. The van der Waals surface area contributed by atoms with Crippen molar-refractivity contribution in [3.8, 4) is 57.3 Å². The second-order valence-corrected chi connectivity index (χ2v) is 7.75. The molecular weight excluding hydrogens is 494 g/mol. The van der Waals surface area contributed by atoms with Crippen LogP contribution in [0.2, 0.25) is 0 Å². The van der Waals surface area contributed by atoms with E-state index < -0.39 is 5.91 Å². The van der Waals surface area contributed by atoms with Crippen molar-refractivity contribution in [2.75, 3.05) is 48.0 Å². The summed E-state index contributed by atoms with van der Waals surface area (Å²) in [5.74, 6) is 2.55. The first-order valence-electron chi connectivity index (χ1n) is 11.3. The summed E-state index contributed by atoms with van der Waals surface area (Å²) in [6.45, 7) is 0. The van der Waals surface area contributed by atoms with E-state index in [1.54, 1.807) is 48.5 Å². The number of para-hydroxylation sites is 1. The fourth-order valence-electron chi connectivity index (χ4n) is 3.85. The molecule has 0 unspecified atom stereocenters. The zero-order valence-corrected chi connectivity index (χ0v) is 21.8. The van der Waals surface area contributed by atoms with E-state index in [4.69, 9.17) is 32.9 Å². The van der Waals surface area contributed by atoms with Gasteiger partial charge < -0.3 is 38.3 Å². The molecule has 38 heavy (non-hydrogen) atoms. The number of hydrogen-bond acceptors (Lipinski definition) is 10. The lowest BCUT2D eigenvalue weighted by Crippen LogP contribution is -2.13. The Labute approximate surface area is 219 Å². The lowest BCUT2D eigenvalue weighted by atomic mass is 10.1. The lowest BCUT2D eigenvalue weighted by Gasteiger charge is -2.14. The van der Waals surface area contributed by atoms with Crippen molar-refractivity contribution >= 4 is 11.6 Å². The van der Waals surface area contributed by atoms with Gasteiger partial charge in [0, 0.05) is 11.1 Å². The average molecular weight is 522 g/mol. The monoisotopic (exact) mass is 521 g/mol. The normalized spacial score (nSPS) is 10.5. The van der Waals surface area contributed by atoms with Gasteiger partial charge in [-0.05, 0) is 36.4 Å². The quantitative estimate of drug-likeness (QED) is 0.314. The first-order valence-corrected chi connectivity index (χ1v) is 11.3. The van der Waals surface area contributed by atoms with E-state index in [0.29, 0.717) is 62.7 Å². The largest absolute Gasteiger partial charge is 0.493 e. The van der Waals surface area contributed by atoms with Crippen molar-refractivity contribution in [3.05, 3.63) is 54.1 Å². The molecule has 1 aromatic heterocycles. The zero-order valence-electron chi connectivity index (χ0n) is 21.8. The van der Waals surface area contributed by atoms with Crippen LogP contribution >= 0.6 is 0 Å². The Morgan fingerprint density at radius 2 is 1.26 bits per heavy atom. The summed E-state index contributed by atoms with van der Waals surface area (Å²) >= 11 is 0. The molecule has 11 heteroatoms. The predicted molar refractivity (Wildman–Crippen MR) is 139 cm³/mol. The summed E-state index contributed by atoms with van der Waals surface area (Å²) in [6, 6.07) is 13.6. The molecule has 0 bridgehead atoms. The molecule has 1 N–H and O–H groups in total. The van der Waals surface area contributed by atoms with Crippen LogP contribution in [0.4, 0.5) is 5.69 Å². The molecule has 1 amide bonds. The predicted octanol–water partition coefficient (Wildman–Crippen LogP) is 4.71. The Morgan fingerprint density at radius 1 is 0.737 bits per heavy atom. The van der Waals surface area contributed by atoms with Crippen LogP contribution in [0.5, 0.6) is 34.5 Å². The maximum atomic E-state index is 13.2. The first kappa shape index (κ1) is 26.1. The molecule has 0 saturated heterocycles. The minimum Gasteiger partial charge on any atom is -0.493 e. The number of ether oxygens (including phenoxy) is 6. The van der Waals surface area contributed by atoms with Crippen molar-refractivity contribution in [3.63, 3.8) is 0 Å². The van der Waals surface area contributed by atoms with Gasteiger partial charge in [0.25, 0.3) is 11.8 Å². The molecule has 0 atom stereocenters. The van der Waals surface area contributed by atoms with Crippen LogP contribution in [0, 0.1) is 0 Å². The molecule has 0 radical (unpaired) electrons. The number of hydrogen-bond donors (Lipinski definition) is 1. The van der Waals surface area contributed by atoms with E-state index in [9.17, 15) is 4.79 Å². The van der Waals surface area contributed by atoms with E-state index in [-0.39, 0.29) is 5.89 Å². The third-order valence-corrected chi connectivity index (χ3v) is 5.68. The number of aromatic nitrogens is 2. The summed E-state index contributed by atoms with van der Waals surface area (Å²) in [7, 11) is 9.03. The maximum Gasteiger partial charge on any atom is 0.260 e. The summed E-state index contributed by atoms with van der Waals surface area (Å²) in [5, 5.41) is 7.01. The summed E-state index contributed by atoms with van der Waals surface area (Å²) in [4.78, 5) is 17.7. The topological polar surface area (TPSA) is 123 Å². The Morgan fingerprint density at radius 3 is 1.79 bits per heavy atom. The molecule has 0 spiro atoms. The molecular formula is C27H27N3O8. The molecule has 1 heterocycles. The molecule has 0 aliphatic carbocycles. The lowest BCUT2D eigenvalue weighted by molar-refractivity contribution is 0.102.